The van der Waals surface area contributed by atoms with Gasteiger partial charge in [0.25, 0.3) is 0 Å². The van der Waals surface area contributed by atoms with E-state index in [1.807, 2.05) is 0 Å². The highest BCUT2D eigenvalue weighted by Gasteiger charge is 2.27. The number of likely N-dealkylation sites (tertiary alicyclic amines) is 1. The number of halogens is 1. The largest absolute Gasteiger partial charge is 0.497 e. The molecule has 6 nitrogen and oxygen atoms in total. The molecule has 3 amide bonds. The molecule has 1 aromatic rings. The highest BCUT2D eigenvalue weighted by molar-refractivity contribution is 6.33. The summed E-state index contributed by atoms with van der Waals surface area (Å²) >= 11 is 6.04. The van der Waals surface area contributed by atoms with Crippen molar-refractivity contribution in [1.82, 2.24) is 4.90 Å². The Hall–Kier alpha value is -2.08. The van der Waals surface area contributed by atoms with E-state index in [9.17, 15) is 14.4 Å². The lowest BCUT2D eigenvalue weighted by Gasteiger charge is -2.13. The molecule has 130 valence electrons. The quantitative estimate of drug-likeness (QED) is 0.576. The van der Waals surface area contributed by atoms with Gasteiger partial charge in [-0.2, -0.15) is 0 Å². The molecule has 0 aromatic heterocycles. The normalized spacial score (nSPS) is 14.2. The smallest absolute Gasteiger partial charge is 0.229 e. The van der Waals surface area contributed by atoms with Gasteiger partial charge in [0.1, 0.15) is 5.75 Å². The third-order valence-electron chi connectivity index (χ3n) is 3.89. The maximum atomic E-state index is 12.0. The number of anilines is 1. The Kier molecular flexibility index (Phi) is 6.61. The fraction of sp³-hybridized carbons (Fsp3) is 0.471. The first-order valence-electron chi connectivity index (χ1n) is 7.98. The lowest BCUT2D eigenvalue weighted by atomic mass is 10.1. The number of rotatable bonds is 8. The molecule has 1 aromatic carbocycles. The van der Waals surface area contributed by atoms with Crippen LogP contribution < -0.4 is 10.1 Å². The van der Waals surface area contributed by atoms with Gasteiger partial charge in [-0.15, -0.1) is 0 Å². The van der Waals surface area contributed by atoms with Gasteiger partial charge in [-0.25, -0.2) is 0 Å². The number of benzene rings is 1. The van der Waals surface area contributed by atoms with Gasteiger partial charge in [0, 0.05) is 31.9 Å². The lowest BCUT2D eigenvalue weighted by Crippen LogP contribution is -2.29. The number of hydrogen-bond acceptors (Lipinski definition) is 4. The number of methoxy groups -OCH3 is 1. The Balaban J connectivity index is 1.68. The molecular formula is C17H21ClN2O4. The predicted molar refractivity (Wildman–Crippen MR) is 91.1 cm³/mol. The van der Waals surface area contributed by atoms with E-state index in [-0.39, 0.29) is 17.7 Å². The minimum Gasteiger partial charge on any atom is -0.497 e. The number of carbonyl (C=O) groups excluding carboxylic acids is 3. The van der Waals surface area contributed by atoms with E-state index < -0.39 is 0 Å². The average molecular weight is 353 g/mol. The van der Waals surface area contributed by atoms with E-state index in [0.29, 0.717) is 55.1 Å². The topological polar surface area (TPSA) is 75.7 Å². The van der Waals surface area contributed by atoms with Crippen molar-refractivity contribution >= 4 is 35.0 Å². The lowest BCUT2D eigenvalue weighted by molar-refractivity contribution is -0.138. The third-order valence-corrected chi connectivity index (χ3v) is 4.22. The highest BCUT2D eigenvalue weighted by Crippen LogP contribution is 2.26. The van der Waals surface area contributed by atoms with Crippen LogP contribution in [0.15, 0.2) is 18.2 Å². The summed E-state index contributed by atoms with van der Waals surface area (Å²) in [5.74, 6) is 0.309. The molecule has 7 heteroatoms. The summed E-state index contributed by atoms with van der Waals surface area (Å²) in [5, 5.41) is 3.22. The van der Waals surface area contributed by atoms with Gasteiger partial charge in [-0.3, -0.25) is 19.3 Å². The van der Waals surface area contributed by atoms with Crippen molar-refractivity contribution in [3.8, 4) is 5.75 Å². The third kappa shape index (κ3) is 4.96. The van der Waals surface area contributed by atoms with Crippen molar-refractivity contribution in [1.29, 1.82) is 0 Å². The molecule has 0 atom stereocenters. The van der Waals surface area contributed by atoms with Crippen molar-refractivity contribution in [2.24, 2.45) is 0 Å². The number of nitrogens with one attached hydrogen (secondary N) is 1. The number of hydrogen-bond donors (Lipinski definition) is 1. The summed E-state index contributed by atoms with van der Waals surface area (Å²) in [6.45, 7) is 0.445. The van der Waals surface area contributed by atoms with Crippen LogP contribution in [0.5, 0.6) is 5.75 Å². The molecule has 1 fully saturated rings. The molecular weight excluding hydrogens is 332 g/mol. The first-order valence-corrected chi connectivity index (χ1v) is 8.35. The van der Waals surface area contributed by atoms with Crippen LogP contribution in [0.1, 0.15) is 38.5 Å². The average Bonchev–Trinajstić information content (AvgIpc) is 2.88. The monoisotopic (exact) mass is 352 g/mol. The van der Waals surface area contributed by atoms with Crippen LogP contribution in [0.2, 0.25) is 5.02 Å². The second-order valence-electron chi connectivity index (χ2n) is 5.64. The maximum Gasteiger partial charge on any atom is 0.229 e. The van der Waals surface area contributed by atoms with Crippen molar-refractivity contribution in [2.75, 3.05) is 19.0 Å². The standard InChI is InChI=1S/C17H21ClN2O4/c1-24-12-6-7-13(18)14(11-12)19-15(21)5-3-2-4-10-20-16(22)8-9-17(20)23/h6-7,11H,2-5,8-10H2,1H3,(H,19,21). The summed E-state index contributed by atoms with van der Waals surface area (Å²) in [4.78, 5) is 36.2. The van der Waals surface area contributed by atoms with Crippen LogP contribution in [-0.4, -0.2) is 36.3 Å². The number of carbonyl (C=O) groups is 3. The van der Waals surface area contributed by atoms with Crippen LogP contribution in [0.4, 0.5) is 5.69 Å². The highest BCUT2D eigenvalue weighted by atomic mass is 35.5. The summed E-state index contributed by atoms with van der Waals surface area (Å²) in [6.07, 6.45) is 3.17. The number of nitrogens with zero attached hydrogens (tertiary/aromatic N) is 1. The Bertz CT molecular complexity index is 617. The molecule has 1 heterocycles. The first kappa shape index (κ1) is 18.3. The maximum absolute atomic E-state index is 12.0. The van der Waals surface area contributed by atoms with Crippen molar-refractivity contribution in [2.45, 2.75) is 38.5 Å². The van der Waals surface area contributed by atoms with E-state index in [1.54, 1.807) is 25.3 Å². The molecule has 2 rings (SSSR count). The predicted octanol–water partition coefficient (Wildman–Crippen LogP) is 3.00. The van der Waals surface area contributed by atoms with Crippen LogP contribution in [0.3, 0.4) is 0 Å². The van der Waals surface area contributed by atoms with E-state index in [0.717, 1.165) is 6.42 Å². The SMILES string of the molecule is COc1ccc(Cl)c(NC(=O)CCCCCN2C(=O)CCC2=O)c1. The zero-order chi connectivity index (χ0) is 17.5. The van der Waals surface area contributed by atoms with Crippen molar-refractivity contribution in [3.63, 3.8) is 0 Å². The number of amides is 3. The fourth-order valence-corrected chi connectivity index (χ4v) is 2.71. The summed E-state index contributed by atoms with van der Waals surface area (Å²) in [6, 6.07) is 5.06. The molecule has 0 saturated carbocycles. The minimum atomic E-state index is -0.126. The zero-order valence-corrected chi connectivity index (χ0v) is 14.4. The molecule has 1 N–H and O–H groups in total. The molecule has 0 spiro atoms. The zero-order valence-electron chi connectivity index (χ0n) is 13.6. The number of unbranched alkanes of at least 4 members (excludes halogenated alkanes) is 2. The first-order chi connectivity index (χ1) is 11.5. The van der Waals surface area contributed by atoms with E-state index >= 15 is 0 Å². The molecule has 1 aliphatic heterocycles. The molecule has 0 radical (unpaired) electrons. The summed E-state index contributed by atoms with van der Waals surface area (Å²) < 4.78 is 5.10. The Morgan fingerprint density at radius 1 is 1.21 bits per heavy atom. The molecule has 0 unspecified atom stereocenters. The van der Waals surface area contributed by atoms with Crippen LogP contribution >= 0.6 is 11.6 Å². The van der Waals surface area contributed by atoms with Gasteiger partial charge >= 0.3 is 0 Å². The van der Waals surface area contributed by atoms with Crippen LogP contribution in [0.25, 0.3) is 0 Å². The summed E-state index contributed by atoms with van der Waals surface area (Å²) in [5.41, 5.74) is 0.522. The molecule has 1 saturated heterocycles. The Labute approximate surface area is 146 Å². The van der Waals surface area contributed by atoms with Crippen molar-refractivity contribution in [3.05, 3.63) is 23.2 Å². The summed E-state index contributed by atoms with van der Waals surface area (Å²) in [7, 11) is 1.55. The fourth-order valence-electron chi connectivity index (χ4n) is 2.54. The van der Waals surface area contributed by atoms with Gasteiger partial charge in [0.15, 0.2) is 0 Å². The number of imide groups is 1. The van der Waals surface area contributed by atoms with Gasteiger partial charge in [-0.1, -0.05) is 18.0 Å². The van der Waals surface area contributed by atoms with E-state index in [1.165, 1.54) is 4.90 Å². The van der Waals surface area contributed by atoms with E-state index in [4.69, 9.17) is 16.3 Å². The van der Waals surface area contributed by atoms with Crippen molar-refractivity contribution < 1.29 is 19.1 Å². The minimum absolute atomic E-state index is 0.0922. The second-order valence-corrected chi connectivity index (χ2v) is 6.05. The van der Waals surface area contributed by atoms with Crippen LogP contribution in [-0.2, 0) is 14.4 Å². The molecule has 1 aliphatic rings. The van der Waals surface area contributed by atoms with E-state index in [2.05, 4.69) is 5.32 Å². The number of ether oxygens (including phenoxy) is 1. The second kappa shape index (κ2) is 8.68. The molecule has 24 heavy (non-hydrogen) atoms. The van der Waals surface area contributed by atoms with Crippen LogP contribution in [0, 0.1) is 0 Å². The van der Waals surface area contributed by atoms with Gasteiger partial charge in [0.2, 0.25) is 17.7 Å². The molecule has 0 bridgehead atoms. The van der Waals surface area contributed by atoms with Gasteiger partial charge < -0.3 is 10.1 Å². The molecule has 0 aliphatic carbocycles. The van der Waals surface area contributed by atoms with Gasteiger partial charge in [0.05, 0.1) is 17.8 Å². The Morgan fingerprint density at radius 2 is 1.92 bits per heavy atom. The Morgan fingerprint density at radius 3 is 2.58 bits per heavy atom. The van der Waals surface area contributed by atoms with Gasteiger partial charge in [-0.05, 0) is 25.0 Å².